The number of carbonyl (C=O) groups excluding carboxylic acids is 2. The Morgan fingerprint density at radius 3 is 2.43 bits per heavy atom. The number of amides is 2. The zero-order valence-corrected chi connectivity index (χ0v) is 16.8. The lowest BCUT2D eigenvalue weighted by Crippen LogP contribution is -2.28. The maximum atomic E-state index is 12.8. The van der Waals surface area contributed by atoms with E-state index in [-0.39, 0.29) is 41.6 Å². The topological polar surface area (TPSA) is 62.2 Å². The highest BCUT2D eigenvalue weighted by molar-refractivity contribution is 6.07. The fourth-order valence-corrected chi connectivity index (χ4v) is 4.43. The maximum absolute atomic E-state index is 12.8. The third-order valence-corrected chi connectivity index (χ3v) is 6.18. The Balaban J connectivity index is 1.59. The Kier molecular flexibility index (Phi) is 4.73. The second kappa shape index (κ2) is 7.08. The van der Waals surface area contributed by atoms with Gasteiger partial charge in [0.1, 0.15) is 5.75 Å². The van der Waals surface area contributed by atoms with Gasteiger partial charge in [-0.15, -0.1) is 0 Å². The summed E-state index contributed by atoms with van der Waals surface area (Å²) < 4.78 is 6.06. The van der Waals surface area contributed by atoms with Gasteiger partial charge in [-0.05, 0) is 43.7 Å². The molecule has 1 saturated carbocycles. The number of hydrogen-bond acceptors (Lipinski definition) is 5. The number of hydrogen-bond donors (Lipinski definition) is 0. The van der Waals surface area contributed by atoms with Crippen molar-refractivity contribution < 1.29 is 14.3 Å². The molecule has 2 bridgehead atoms. The molecule has 5 atom stereocenters. The van der Waals surface area contributed by atoms with Crippen LogP contribution in [-0.2, 0) is 9.59 Å². The van der Waals surface area contributed by atoms with Crippen molar-refractivity contribution in [2.24, 2.45) is 28.8 Å². The molecule has 0 aromatic heterocycles. The number of carbonyl (C=O) groups is 2. The molecule has 2 aliphatic carbocycles. The third kappa shape index (κ3) is 3.01. The Morgan fingerprint density at radius 1 is 1.21 bits per heavy atom. The first-order chi connectivity index (χ1) is 13.4. The molecule has 2 amide bonds. The van der Waals surface area contributed by atoms with Crippen LogP contribution in [0.1, 0.15) is 32.3 Å². The van der Waals surface area contributed by atoms with Crippen LogP contribution in [0.5, 0.6) is 5.75 Å². The summed E-state index contributed by atoms with van der Waals surface area (Å²) in [7, 11) is 3.94. The van der Waals surface area contributed by atoms with E-state index in [9.17, 15) is 9.59 Å². The Bertz CT molecular complexity index is 831. The summed E-state index contributed by atoms with van der Waals surface area (Å²) in [6.45, 7) is 4.08. The standard InChI is InChI=1S/C22H27N3O3/c1-5-13(2)28-18-11-17(24(3)4)9-8-16(18)12-23-25-21(26)19-14-6-7-15(10-14)20(19)22(25)27/h6-9,11-15,19-20H,5,10H2,1-4H3/t13-,14-,15-,19-,20+/m0/s1. The van der Waals surface area contributed by atoms with Crippen LogP contribution in [-0.4, -0.2) is 43.2 Å². The van der Waals surface area contributed by atoms with Crippen LogP contribution < -0.4 is 9.64 Å². The molecule has 148 valence electrons. The highest BCUT2D eigenvalue weighted by atomic mass is 16.5. The smallest absolute Gasteiger partial charge is 0.254 e. The lowest BCUT2D eigenvalue weighted by Gasteiger charge is -2.19. The lowest BCUT2D eigenvalue weighted by atomic mass is 9.85. The number of imide groups is 1. The minimum absolute atomic E-state index is 0.0562. The van der Waals surface area contributed by atoms with Gasteiger partial charge in [0.15, 0.2) is 0 Å². The minimum Gasteiger partial charge on any atom is -0.490 e. The van der Waals surface area contributed by atoms with E-state index in [1.54, 1.807) is 6.21 Å². The van der Waals surface area contributed by atoms with E-state index in [0.717, 1.165) is 29.1 Å². The molecule has 3 aliphatic rings. The van der Waals surface area contributed by atoms with E-state index in [4.69, 9.17) is 4.74 Å². The number of rotatable bonds is 6. The van der Waals surface area contributed by atoms with E-state index in [1.165, 1.54) is 0 Å². The SMILES string of the molecule is CC[C@H](C)Oc1cc(N(C)C)ccc1C=NN1C(=O)[C@@H]2[C@H](C1=O)[C@H]1C=C[C@H]2C1. The predicted octanol–water partition coefficient (Wildman–Crippen LogP) is 3.07. The number of anilines is 1. The van der Waals surface area contributed by atoms with Crippen molar-refractivity contribution in [1.82, 2.24) is 5.01 Å². The van der Waals surface area contributed by atoms with Crippen LogP contribution in [0, 0.1) is 23.7 Å². The molecule has 6 nitrogen and oxygen atoms in total. The highest BCUT2D eigenvalue weighted by Gasteiger charge is 2.59. The number of hydrazone groups is 1. The molecular formula is C22H27N3O3. The Labute approximate surface area is 165 Å². The molecule has 6 heteroatoms. The molecule has 0 radical (unpaired) electrons. The van der Waals surface area contributed by atoms with E-state index >= 15 is 0 Å². The summed E-state index contributed by atoms with van der Waals surface area (Å²) in [6.07, 6.45) is 7.60. The summed E-state index contributed by atoms with van der Waals surface area (Å²) in [4.78, 5) is 27.6. The monoisotopic (exact) mass is 381 g/mol. The summed E-state index contributed by atoms with van der Waals surface area (Å²) >= 11 is 0. The molecule has 1 aliphatic heterocycles. The van der Waals surface area contributed by atoms with Gasteiger partial charge in [0, 0.05) is 31.4 Å². The molecule has 1 heterocycles. The van der Waals surface area contributed by atoms with Gasteiger partial charge in [-0.3, -0.25) is 9.59 Å². The van der Waals surface area contributed by atoms with E-state index in [0.29, 0.717) is 5.75 Å². The summed E-state index contributed by atoms with van der Waals surface area (Å²) in [5, 5.41) is 5.37. The number of ether oxygens (including phenoxy) is 1. The van der Waals surface area contributed by atoms with E-state index in [2.05, 4.69) is 24.2 Å². The van der Waals surface area contributed by atoms with Gasteiger partial charge in [0.05, 0.1) is 24.2 Å². The second-order valence-corrected chi connectivity index (χ2v) is 8.19. The number of benzene rings is 1. The fourth-order valence-electron chi connectivity index (χ4n) is 4.43. The Morgan fingerprint density at radius 2 is 1.86 bits per heavy atom. The molecule has 0 N–H and O–H groups in total. The van der Waals surface area contributed by atoms with Crippen molar-refractivity contribution in [3.05, 3.63) is 35.9 Å². The lowest BCUT2D eigenvalue weighted by molar-refractivity contribution is -0.140. The first kappa shape index (κ1) is 18.7. The maximum Gasteiger partial charge on any atom is 0.254 e. The summed E-state index contributed by atoms with van der Waals surface area (Å²) in [5.41, 5.74) is 1.77. The normalized spacial score (nSPS) is 29.1. The Hall–Kier alpha value is -2.63. The van der Waals surface area contributed by atoms with Crippen molar-refractivity contribution in [2.75, 3.05) is 19.0 Å². The van der Waals surface area contributed by atoms with Gasteiger partial charge in [0.25, 0.3) is 11.8 Å². The van der Waals surface area contributed by atoms with Crippen LogP contribution in [0.15, 0.2) is 35.5 Å². The van der Waals surface area contributed by atoms with E-state index in [1.807, 2.05) is 44.1 Å². The van der Waals surface area contributed by atoms with Crippen LogP contribution >= 0.6 is 0 Å². The predicted molar refractivity (Wildman–Crippen MR) is 108 cm³/mol. The molecule has 2 fully saturated rings. The van der Waals surface area contributed by atoms with Crippen molar-refractivity contribution in [1.29, 1.82) is 0 Å². The molecule has 4 rings (SSSR count). The number of nitrogens with zero attached hydrogens (tertiary/aromatic N) is 3. The van der Waals surface area contributed by atoms with Gasteiger partial charge in [-0.2, -0.15) is 10.1 Å². The van der Waals surface area contributed by atoms with Crippen LogP contribution in [0.3, 0.4) is 0 Å². The van der Waals surface area contributed by atoms with Gasteiger partial charge in [0.2, 0.25) is 0 Å². The fraction of sp³-hybridized carbons (Fsp3) is 0.500. The summed E-state index contributed by atoms with van der Waals surface area (Å²) in [5.74, 6) is 0.281. The van der Waals surface area contributed by atoms with Crippen molar-refractivity contribution in [2.45, 2.75) is 32.8 Å². The third-order valence-electron chi connectivity index (χ3n) is 6.18. The number of allylic oxidation sites excluding steroid dienone is 2. The van der Waals surface area contributed by atoms with E-state index < -0.39 is 0 Å². The van der Waals surface area contributed by atoms with Gasteiger partial charge >= 0.3 is 0 Å². The molecular weight excluding hydrogens is 354 g/mol. The van der Waals surface area contributed by atoms with Crippen molar-refractivity contribution >= 4 is 23.7 Å². The van der Waals surface area contributed by atoms with Crippen molar-refractivity contribution in [3.8, 4) is 5.75 Å². The quantitative estimate of drug-likeness (QED) is 0.432. The minimum atomic E-state index is -0.230. The average Bonchev–Trinajstić information content (AvgIpc) is 3.35. The molecule has 0 spiro atoms. The number of fused-ring (bicyclic) bond motifs is 5. The molecule has 1 saturated heterocycles. The average molecular weight is 381 g/mol. The van der Waals surface area contributed by atoms with Gasteiger partial charge < -0.3 is 9.64 Å². The molecule has 1 aromatic carbocycles. The zero-order chi connectivity index (χ0) is 20.0. The van der Waals surface area contributed by atoms with Crippen LogP contribution in [0.25, 0.3) is 0 Å². The molecule has 28 heavy (non-hydrogen) atoms. The second-order valence-electron chi connectivity index (χ2n) is 8.19. The first-order valence-electron chi connectivity index (χ1n) is 9.98. The van der Waals surface area contributed by atoms with Crippen LogP contribution in [0.4, 0.5) is 5.69 Å². The van der Waals surface area contributed by atoms with Crippen molar-refractivity contribution in [3.63, 3.8) is 0 Å². The molecule has 0 unspecified atom stereocenters. The largest absolute Gasteiger partial charge is 0.490 e. The summed E-state index contributed by atoms with van der Waals surface area (Å²) in [6, 6.07) is 5.84. The van der Waals surface area contributed by atoms with Gasteiger partial charge in [-0.1, -0.05) is 19.1 Å². The van der Waals surface area contributed by atoms with Crippen LogP contribution in [0.2, 0.25) is 0 Å². The highest BCUT2D eigenvalue weighted by Crippen LogP contribution is 2.52. The zero-order valence-electron chi connectivity index (χ0n) is 16.8. The molecule has 1 aromatic rings. The first-order valence-corrected chi connectivity index (χ1v) is 9.98. The van der Waals surface area contributed by atoms with Gasteiger partial charge in [-0.25, -0.2) is 0 Å².